The average molecular weight is 272 g/mol. The fourth-order valence-corrected chi connectivity index (χ4v) is 1.89. The fraction of sp³-hybridized carbons (Fsp3) is 0.333. The smallest absolute Gasteiger partial charge is 0.227 e. The van der Waals surface area contributed by atoms with E-state index in [1.807, 2.05) is 55.2 Å². The van der Waals surface area contributed by atoms with Gasteiger partial charge in [0, 0.05) is 33.9 Å². The number of methoxy groups -OCH3 is 1. The highest BCUT2D eigenvalue weighted by Gasteiger charge is 2.07. The summed E-state index contributed by atoms with van der Waals surface area (Å²) < 4.78 is 5.24. The maximum atomic E-state index is 5.24. The molecule has 0 fully saturated rings. The quantitative estimate of drug-likeness (QED) is 0.834. The molecule has 2 aromatic rings. The van der Waals surface area contributed by atoms with E-state index in [2.05, 4.69) is 16.0 Å². The normalized spacial score (nSPS) is 10.2. The molecule has 0 aliphatic carbocycles. The van der Waals surface area contributed by atoms with Crippen LogP contribution < -0.4 is 14.5 Å². The summed E-state index contributed by atoms with van der Waals surface area (Å²) in [6.07, 6.45) is 1.78. The SMILES string of the molecule is COc1cccc(CN(C)c2nccc(N(C)C)n2)c1. The van der Waals surface area contributed by atoms with Crippen molar-refractivity contribution in [3.05, 3.63) is 42.1 Å². The van der Waals surface area contributed by atoms with Gasteiger partial charge in [-0.3, -0.25) is 0 Å². The first-order chi connectivity index (χ1) is 9.60. The molecule has 0 bridgehead atoms. The number of ether oxygens (including phenoxy) is 1. The molecule has 0 N–H and O–H groups in total. The van der Waals surface area contributed by atoms with Crippen molar-refractivity contribution < 1.29 is 4.74 Å². The van der Waals surface area contributed by atoms with Gasteiger partial charge >= 0.3 is 0 Å². The third kappa shape index (κ3) is 3.38. The van der Waals surface area contributed by atoms with Gasteiger partial charge in [0.25, 0.3) is 0 Å². The van der Waals surface area contributed by atoms with Crippen molar-refractivity contribution >= 4 is 11.8 Å². The van der Waals surface area contributed by atoms with E-state index in [-0.39, 0.29) is 0 Å². The van der Waals surface area contributed by atoms with Crippen molar-refractivity contribution in [2.75, 3.05) is 38.1 Å². The van der Waals surface area contributed by atoms with Crippen LogP contribution in [0.2, 0.25) is 0 Å². The molecular formula is C15H20N4O. The Morgan fingerprint density at radius 2 is 1.95 bits per heavy atom. The Morgan fingerprint density at radius 1 is 1.15 bits per heavy atom. The Bertz CT molecular complexity index is 571. The van der Waals surface area contributed by atoms with Crippen molar-refractivity contribution in [3.63, 3.8) is 0 Å². The predicted molar refractivity (Wildman–Crippen MR) is 81.5 cm³/mol. The second-order valence-electron chi connectivity index (χ2n) is 4.82. The van der Waals surface area contributed by atoms with Crippen LogP contribution in [0.25, 0.3) is 0 Å². The van der Waals surface area contributed by atoms with Crippen molar-refractivity contribution in [3.8, 4) is 5.75 Å². The van der Waals surface area contributed by atoms with Crippen LogP contribution in [0.5, 0.6) is 5.75 Å². The Morgan fingerprint density at radius 3 is 2.65 bits per heavy atom. The Labute approximate surface area is 119 Å². The molecule has 1 heterocycles. The van der Waals surface area contributed by atoms with Crippen LogP contribution in [0.3, 0.4) is 0 Å². The van der Waals surface area contributed by atoms with Crippen LogP contribution in [0.15, 0.2) is 36.5 Å². The highest BCUT2D eigenvalue weighted by atomic mass is 16.5. The molecule has 0 saturated heterocycles. The van der Waals surface area contributed by atoms with Gasteiger partial charge in [0.2, 0.25) is 5.95 Å². The van der Waals surface area contributed by atoms with Gasteiger partial charge in [-0.25, -0.2) is 4.98 Å². The van der Waals surface area contributed by atoms with E-state index in [1.54, 1.807) is 13.3 Å². The highest BCUT2D eigenvalue weighted by molar-refractivity contribution is 5.42. The van der Waals surface area contributed by atoms with Gasteiger partial charge < -0.3 is 14.5 Å². The van der Waals surface area contributed by atoms with E-state index < -0.39 is 0 Å². The van der Waals surface area contributed by atoms with Crippen molar-refractivity contribution in [1.29, 1.82) is 0 Å². The van der Waals surface area contributed by atoms with Crippen molar-refractivity contribution in [2.45, 2.75) is 6.54 Å². The first-order valence-electron chi connectivity index (χ1n) is 6.44. The maximum absolute atomic E-state index is 5.24. The molecule has 0 aliphatic rings. The van der Waals surface area contributed by atoms with Crippen LogP contribution in [0, 0.1) is 0 Å². The number of hydrogen-bond acceptors (Lipinski definition) is 5. The van der Waals surface area contributed by atoms with Gasteiger partial charge in [0.05, 0.1) is 7.11 Å². The molecule has 0 unspecified atom stereocenters. The summed E-state index contributed by atoms with van der Waals surface area (Å²) in [5.41, 5.74) is 1.16. The van der Waals surface area contributed by atoms with E-state index in [1.165, 1.54) is 0 Å². The molecule has 5 nitrogen and oxygen atoms in total. The molecule has 2 rings (SSSR count). The zero-order chi connectivity index (χ0) is 14.5. The number of hydrogen-bond donors (Lipinski definition) is 0. The van der Waals surface area contributed by atoms with Gasteiger partial charge in [0.15, 0.2) is 0 Å². The second kappa shape index (κ2) is 6.23. The second-order valence-corrected chi connectivity index (χ2v) is 4.82. The molecule has 0 radical (unpaired) electrons. The van der Waals surface area contributed by atoms with Gasteiger partial charge in [-0.05, 0) is 23.8 Å². The first kappa shape index (κ1) is 14.1. The largest absolute Gasteiger partial charge is 0.497 e. The summed E-state index contributed by atoms with van der Waals surface area (Å²) in [6, 6.07) is 9.90. The van der Waals surface area contributed by atoms with Crippen LogP contribution in [-0.2, 0) is 6.54 Å². The van der Waals surface area contributed by atoms with Crippen molar-refractivity contribution in [1.82, 2.24) is 9.97 Å². The zero-order valence-corrected chi connectivity index (χ0v) is 12.4. The molecular weight excluding hydrogens is 252 g/mol. The molecule has 0 spiro atoms. The summed E-state index contributed by atoms with van der Waals surface area (Å²) in [6.45, 7) is 0.730. The molecule has 106 valence electrons. The minimum atomic E-state index is 0.707. The van der Waals surface area contributed by atoms with Gasteiger partial charge in [-0.2, -0.15) is 4.98 Å². The van der Waals surface area contributed by atoms with Crippen LogP contribution in [-0.4, -0.2) is 38.2 Å². The molecule has 1 aromatic carbocycles. The van der Waals surface area contributed by atoms with Crippen LogP contribution >= 0.6 is 0 Å². The van der Waals surface area contributed by atoms with E-state index >= 15 is 0 Å². The van der Waals surface area contributed by atoms with Crippen LogP contribution in [0.1, 0.15) is 5.56 Å². The lowest BCUT2D eigenvalue weighted by Crippen LogP contribution is -2.20. The topological polar surface area (TPSA) is 41.5 Å². The zero-order valence-electron chi connectivity index (χ0n) is 12.4. The number of nitrogens with zero attached hydrogens (tertiary/aromatic N) is 4. The summed E-state index contributed by atoms with van der Waals surface area (Å²) in [5, 5.41) is 0. The fourth-order valence-electron chi connectivity index (χ4n) is 1.89. The van der Waals surface area contributed by atoms with Gasteiger partial charge in [-0.15, -0.1) is 0 Å². The predicted octanol–water partition coefficient (Wildman–Crippen LogP) is 2.19. The lowest BCUT2D eigenvalue weighted by molar-refractivity contribution is 0.414. The lowest BCUT2D eigenvalue weighted by atomic mass is 10.2. The van der Waals surface area contributed by atoms with Crippen molar-refractivity contribution in [2.24, 2.45) is 0 Å². The number of aromatic nitrogens is 2. The molecule has 20 heavy (non-hydrogen) atoms. The summed E-state index contributed by atoms with van der Waals surface area (Å²) in [4.78, 5) is 12.8. The monoisotopic (exact) mass is 272 g/mol. The summed E-state index contributed by atoms with van der Waals surface area (Å²) in [7, 11) is 7.59. The minimum absolute atomic E-state index is 0.707. The molecule has 1 aromatic heterocycles. The lowest BCUT2D eigenvalue weighted by Gasteiger charge is -2.19. The molecule has 5 heteroatoms. The van der Waals surface area contributed by atoms with Crippen LogP contribution in [0.4, 0.5) is 11.8 Å². The Balaban J connectivity index is 2.14. The number of anilines is 2. The minimum Gasteiger partial charge on any atom is -0.497 e. The number of benzene rings is 1. The molecule has 0 amide bonds. The summed E-state index contributed by atoms with van der Waals surface area (Å²) in [5.74, 6) is 2.46. The molecule has 0 atom stereocenters. The standard InChI is InChI=1S/C15H20N4O/c1-18(2)14-8-9-16-15(17-14)19(3)11-12-6-5-7-13(10-12)20-4/h5-10H,11H2,1-4H3. The van der Waals surface area contributed by atoms with E-state index in [0.717, 1.165) is 23.7 Å². The van der Waals surface area contributed by atoms with Gasteiger partial charge in [0.1, 0.15) is 11.6 Å². The van der Waals surface area contributed by atoms with E-state index in [0.29, 0.717) is 5.95 Å². The van der Waals surface area contributed by atoms with Gasteiger partial charge in [-0.1, -0.05) is 12.1 Å². The third-order valence-corrected chi connectivity index (χ3v) is 2.98. The maximum Gasteiger partial charge on any atom is 0.227 e. The highest BCUT2D eigenvalue weighted by Crippen LogP contribution is 2.17. The summed E-state index contributed by atoms with van der Waals surface area (Å²) >= 11 is 0. The Hall–Kier alpha value is -2.30. The number of rotatable bonds is 5. The van der Waals surface area contributed by atoms with E-state index in [4.69, 9.17) is 4.74 Å². The third-order valence-electron chi connectivity index (χ3n) is 2.98. The average Bonchev–Trinajstić information content (AvgIpc) is 2.47. The molecule has 0 aliphatic heterocycles. The molecule has 0 saturated carbocycles. The first-order valence-corrected chi connectivity index (χ1v) is 6.44. The van der Waals surface area contributed by atoms with E-state index in [9.17, 15) is 0 Å². The Kier molecular flexibility index (Phi) is 4.40.